The monoisotopic (exact) mass is 438 g/mol. The van der Waals surface area contributed by atoms with Gasteiger partial charge in [-0.1, -0.05) is 25.5 Å². The molecule has 1 aliphatic rings. The number of carbonyl (C=O) groups excluding carboxylic acids is 1. The van der Waals surface area contributed by atoms with Crippen molar-refractivity contribution in [3.05, 3.63) is 53.6 Å². The Hall–Kier alpha value is -2.57. The molecule has 3 rings (SSSR count). The molecule has 0 aliphatic carbocycles. The number of anilines is 2. The predicted octanol–water partition coefficient (Wildman–Crippen LogP) is 4.69. The molecule has 2 N–H and O–H groups in total. The van der Waals surface area contributed by atoms with E-state index in [1.807, 2.05) is 49.5 Å². The summed E-state index contributed by atoms with van der Waals surface area (Å²) in [6.07, 6.45) is 5.72. The van der Waals surface area contributed by atoms with Crippen LogP contribution < -0.4 is 15.4 Å². The number of ether oxygens (including phenoxy) is 1. The minimum Gasteiger partial charge on any atom is -0.476 e. The maximum Gasteiger partial charge on any atom is 0.255 e. The lowest BCUT2D eigenvalue weighted by Crippen LogP contribution is -2.43. The Labute approximate surface area is 192 Å². The van der Waals surface area contributed by atoms with Gasteiger partial charge in [0.25, 0.3) is 5.91 Å². The summed E-state index contributed by atoms with van der Waals surface area (Å²) in [6, 6.07) is 14.2. The second-order valence-electron chi connectivity index (χ2n) is 8.78. The van der Waals surface area contributed by atoms with Crippen LogP contribution in [0.4, 0.5) is 11.4 Å². The maximum atomic E-state index is 12.7. The van der Waals surface area contributed by atoms with Crippen LogP contribution in [0.25, 0.3) is 0 Å². The zero-order valence-electron chi connectivity index (χ0n) is 20.0. The molecule has 174 valence electrons. The Kier molecular flexibility index (Phi) is 8.94. The quantitative estimate of drug-likeness (QED) is 0.527. The van der Waals surface area contributed by atoms with E-state index in [0.717, 1.165) is 36.6 Å². The fourth-order valence-corrected chi connectivity index (χ4v) is 4.05. The Bertz CT molecular complexity index is 861. The molecule has 0 saturated carbocycles. The summed E-state index contributed by atoms with van der Waals surface area (Å²) < 4.78 is 6.10. The molecule has 1 fully saturated rings. The Morgan fingerprint density at radius 1 is 1.16 bits per heavy atom. The fraction of sp³-hybridized carbons (Fsp3) is 0.500. The number of nitrogens with zero attached hydrogens (tertiary/aromatic N) is 2. The summed E-state index contributed by atoms with van der Waals surface area (Å²) in [6.45, 7) is 4.99. The van der Waals surface area contributed by atoms with Crippen LogP contribution in [0.2, 0.25) is 0 Å². The third-order valence-corrected chi connectivity index (χ3v) is 6.28. The van der Waals surface area contributed by atoms with Gasteiger partial charge in [-0.15, -0.1) is 0 Å². The Morgan fingerprint density at radius 3 is 2.53 bits per heavy atom. The van der Waals surface area contributed by atoms with Crippen LogP contribution in [-0.2, 0) is 6.42 Å². The first kappa shape index (κ1) is 24.1. The lowest BCUT2D eigenvalue weighted by Gasteiger charge is -2.34. The number of rotatable bonds is 10. The van der Waals surface area contributed by atoms with E-state index in [1.54, 1.807) is 0 Å². The van der Waals surface area contributed by atoms with Gasteiger partial charge in [-0.2, -0.15) is 0 Å². The van der Waals surface area contributed by atoms with Crippen LogP contribution in [0.3, 0.4) is 0 Å². The van der Waals surface area contributed by atoms with Crippen LogP contribution in [0.15, 0.2) is 42.5 Å². The zero-order chi connectivity index (χ0) is 22.9. The summed E-state index contributed by atoms with van der Waals surface area (Å²) >= 11 is 0. The highest BCUT2D eigenvalue weighted by Gasteiger charge is 2.21. The van der Waals surface area contributed by atoms with Crippen LogP contribution in [0.5, 0.6) is 5.75 Å². The predicted molar refractivity (Wildman–Crippen MR) is 133 cm³/mol. The molecule has 1 amide bonds. The molecule has 0 unspecified atom stereocenters. The summed E-state index contributed by atoms with van der Waals surface area (Å²) in [5.74, 6) is 0.676. The van der Waals surface area contributed by atoms with Crippen molar-refractivity contribution in [2.75, 3.05) is 51.6 Å². The minimum absolute atomic E-state index is 0.107. The first-order valence-electron chi connectivity index (χ1n) is 11.7. The fourth-order valence-electron chi connectivity index (χ4n) is 4.05. The van der Waals surface area contributed by atoms with Gasteiger partial charge in [0, 0.05) is 24.3 Å². The van der Waals surface area contributed by atoms with Crippen molar-refractivity contribution in [3.8, 4) is 5.75 Å². The molecule has 32 heavy (non-hydrogen) atoms. The number of amides is 1. The Morgan fingerprint density at radius 2 is 1.88 bits per heavy atom. The van der Waals surface area contributed by atoms with Gasteiger partial charge in [0.2, 0.25) is 0 Å². The lowest BCUT2D eigenvalue weighted by atomic mass is 10.0. The standard InChI is InChI=1S/C26H38N4O2/c1-5-6-7-20-8-10-21(11-9-20)26(31)28-22-12-13-25(24(18-22)27-2)32-19-30(4)23-14-16-29(3)17-15-23/h8-13,18,23,27H,5-7,14-17,19H2,1-4H3,(H,28,31). The molecule has 6 heteroatoms. The van der Waals surface area contributed by atoms with Crippen molar-refractivity contribution in [1.29, 1.82) is 0 Å². The topological polar surface area (TPSA) is 56.8 Å². The summed E-state index contributed by atoms with van der Waals surface area (Å²) in [5.41, 5.74) is 3.53. The molecule has 2 aromatic rings. The molecular weight excluding hydrogens is 400 g/mol. The molecule has 1 heterocycles. The SMILES string of the molecule is CCCCc1ccc(C(=O)Nc2ccc(OCN(C)C3CCN(C)CC3)c(NC)c2)cc1. The molecule has 0 spiro atoms. The minimum atomic E-state index is -0.107. The average Bonchev–Trinajstić information content (AvgIpc) is 2.82. The molecule has 2 aromatic carbocycles. The average molecular weight is 439 g/mol. The van der Waals surface area contributed by atoms with Crippen molar-refractivity contribution in [3.63, 3.8) is 0 Å². The number of hydrogen-bond donors (Lipinski definition) is 2. The second-order valence-corrected chi connectivity index (χ2v) is 8.78. The van der Waals surface area contributed by atoms with Crippen LogP contribution in [0, 0.1) is 0 Å². The third kappa shape index (κ3) is 6.71. The normalized spacial score (nSPS) is 15.0. The van der Waals surface area contributed by atoms with E-state index in [-0.39, 0.29) is 5.91 Å². The van der Waals surface area contributed by atoms with Gasteiger partial charge >= 0.3 is 0 Å². The molecule has 0 atom stereocenters. The number of nitrogens with one attached hydrogen (secondary N) is 2. The molecule has 0 radical (unpaired) electrons. The van der Waals surface area contributed by atoms with E-state index in [1.165, 1.54) is 31.2 Å². The second kappa shape index (κ2) is 11.9. The number of aryl methyl sites for hydroxylation is 1. The van der Waals surface area contributed by atoms with Crippen LogP contribution in [-0.4, -0.2) is 62.7 Å². The van der Waals surface area contributed by atoms with Crippen molar-refractivity contribution in [1.82, 2.24) is 9.80 Å². The molecule has 6 nitrogen and oxygen atoms in total. The summed E-state index contributed by atoms with van der Waals surface area (Å²) in [4.78, 5) is 17.3. The van der Waals surface area contributed by atoms with Gasteiger partial charge in [0.1, 0.15) is 12.5 Å². The molecule has 0 aromatic heterocycles. The zero-order valence-corrected chi connectivity index (χ0v) is 20.0. The smallest absolute Gasteiger partial charge is 0.255 e. The van der Waals surface area contributed by atoms with Gasteiger partial charge < -0.3 is 20.3 Å². The summed E-state index contributed by atoms with van der Waals surface area (Å²) in [5, 5.41) is 6.18. The van der Waals surface area contributed by atoms with Crippen molar-refractivity contribution in [2.45, 2.75) is 45.1 Å². The van der Waals surface area contributed by atoms with Crippen molar-refractivity contribution in [2.24, 2.45) is 0 Å². The highest BCUT2D eigenvalue weighted by Crippen LogP contribution is 2.28. The lowest BCUT2D eigenvalue weighted by molar-refractivity contribution is 0.0747. The van der Waals surface area contributed by atoms with E-state index >= 15 is 0 Å². The number of piperidine rings is 1. The summed E-state index contributed by atoms with van der Waals surface area (Å²) in [7, 11) is 6.16. The highest BCUT2D eigenvalue weighted by molar-refractivity contribution is 6.04. The van der Waals surface area contributed by atoms with E-state index in [9.17, 15) is 4.79 Å². The van der Waals surface area contributed by atoms with Gasteiger partial charge in [-0.25, -0.2) is 0 Å². The number of benzene rings is 2. The largest absolute Gasteiger partial charge is 0.476 e. The van der Waals surface area contributed by atoms with E-state index in [4.69, 9.17) is 4.74 Å². The van der Waals surface area contributed by atoms with Crippen molar-refractivity contribution < 1.29 is 9.53 Å². The van der Waals surface area contributed by atoms with Crippen LogP contribution in [0.1, 0.15) is 48.5 Å². The number of hydrogen-bond acceptors (Lipinski definition) is 5. The maximum absolute atomic E-state index is 12.7. The first-order valence-corrected chi connectivity index (χ1v) is 11.7. The third-order valence-electron chi connectivity index (χ3n) is 6.28. The van der Waals surface area contributed by atoms with E-state index < -0.39 is 0 Å². The van der Waals surface area contributed by atoms with Gasteiger partial charge in [-0.3, -0.25) is 9.69 Å². The molecule has 0 bridgehead atoms. The highest BCUT2D eigenvalue weighted by atomic mass is 16.5. The molecule has 1 saturated heterocycles. The first-order chi connectivity index (χ1) is 15.5. The van der Waals surface area contributed by atoms with Gasteiger partial charge in [0.15, 0.2) is 0 Å². The number of carbonyl (C=O) groups is 1. The van der Waals surface area contributed by atoms with E-state index in [0.29, 0.717) is 18.3 Å². The van der Waals surface area contributed by atoms with Gasteiger partial charge in [-0.05, 0) is 88.8 Å². The molecule has 1 aliphatic heterocycles. The van der Waals surface area contributed by atoms with Gasteiger partial charge in [0.05, 0.1) is 5.69 Å². The number of unbranched alkanes of at least 4 members (excludes halogenated alkanes) is 1. The molecular formula is C26H38N4O2. The number of likely N-dealkylation sites (tertiary alicyclic amines) is 1. The van der Waals surface area contributed by atoms with Crippen LogP contribution >= 0.6 is 0 Å². The van der Waals surface area contributed by atoms with E-state index in [2.05, 4.69) is 41.5 Å². The van der Waals surface area contributed by atoms with Crippen molar-refractivity contribution >= 4 is 17.3 Å². The Balaban J connectivity index is 1.56.